The molecule has 5 heteroatoms. The summed E-state index contributed by atoms with van der Waals surface area (Å²) in [6, 6.07) is 10.7. The van der Waals surface area contributed by atoms with Crippen LogP contribution >= 0.6 is 0 Å². The van der Waals surface area contributed by atoms with E-state index in [1.54, 1.807) is 0 Å². The third-order valence-corrected chi connectivity index (χ3v) is 4.76. The lowest BCUT2D eigenvalue weighted by molar-refractivity contribution is 0.713. The lowest BCUT2D eigenvalue weighted by Crippen LogP contribution is -2.06. The molecule has 1 unspecified atom stereocenters. The van der Waals surface area contributed by atoms with Crippen LogP contribution in [0.3, 0.4) is 0 Å². The molecule has 4 rings (SSSR count). The Balaban J connectivity index is 1.70. The van der Waals surface area contributed by atoms with E-state index in [2.05, 4.69) is 35.4 Å². The molecule has 3 aromatic rings. The summed E-state index contributed by atoms with van der Waals surface area (Å²) in [5, 5.41) is 8.09. The maximum Gasteiger partial charge on any atom is 0.154 e. The third kappa shape index (κ3) is 2.65. The van der Waals surface area contributed by atoms with Crippen molar-refractivity contribution >= 4 is 11.5 Å². The molecule has 1 aliphatic carbocycles. The lowest BCUT2D eigenvalue weighted by atomic mass is 10.0. The lowest BCUT2D eigenvalue weighted by Gasteiger charge is -2.08. The second-order valence-corrected chi connectivity index (χ2v) is 6.47. The van der Waals surface area contributed by atoms with Gasteiger partial charge in [0.1, 0.15) is 5.82 Å². The molecular weight excluding hydrogens is 298 g/mol. The molecule has 24 heavy (non-hydrogen) atoms. The molecule has 0 radical (unpaired) electrons. The van der Waals surface area contributed by atoms with Gasteiger partial charge in [-0.15, -0.1) is 5.10 Å². The first kappa shape index (κ1) is 15.1. The van der Waals surface area contributed by atoms with E-state index >= 15 is 0 Å². The van der Waals surface area contributed by atoms with Gasteiger partial charge < -0.3 is 11.1 Å². The van der Waals surface area contributed by atoms with Gasteiger partial charge in [0.25, 0.3) is 0 Å². The van der Waals surface area contributed by atoms with Crippen molar-refractivity contribution in [2.75, 3.05) is 11.9 Å². The number of nitrogens with two attached hydrogens (primary N) is 1. The van der Waals surface area contributed by atoms with Gasteiger partial charge in [0, 0.05) is 18.2 Å². The summed E-state index contributed by atoms with van der Waals surface area (Å²) in [6.07, 6.45) is 6.30. The van der Waals surface area contributed by atoms with Crippen LogP contribution in [-0.2, 0) is 6.42 Å². The van der Waals surface area contributed by atoms with E-state index < -0.39 is 0 Å². The minimum Gasteiger partial charge on any atom is -0.369 e. The second-order valence-electron chi connectivity index (χ2n) is 6.47. The van der Waals surface area contributed by atoms with Gasteiger partial charge in [0.2, 0.25) is 0 Å². The molecule has 1 aromatic carbocycles. The zero-order chi connectivity index (χ0) is 16.5. The third-order valence-electron chi connectivity index (χ3n) is 4.76. The number of imidazole rings is 1. The van der Waals surface area contributed by atoms with Crippen molar-refractivity contribution in [3.05, 3.63) is 47.7 Å². The summed E-state index contributed by atoms with van der Waals surface area (Å²) >= 11 is 0. The molecule has 2 heterocycles. The van der Waals surface area contributed by atoms with Gasteiger partial charge in [-0.1, -0.05) is 25.5 Å². The Morgan fingerprint density at radius 2 is 2.21 bits per heavy atom. The van der Waals surface area contributed by atoms with Crippen LogP contribution in [0.1, 0.15) is 43.4 Å². The van der Waals surface area contributed by atoms with Crippen LogP contribution in [0.15, 0.2) is 36.5 Å². The zero-order valence-electron chi connectivity index (χ0n) is 14.0. The smallest absolute Gasteiger partial charge is 0.154 e. The second kappa shape index (κ2) is 6.24. The first-order valence-corrected chi connectivity index (χ1v) is 8.73. The number of anilines is 1. The molecule has 5 nitrogen and oxygen atoms in total. The van der Waals surface area contributed by atoms with E-state index in [0.29, 0.717) is 0 Å². The predicted molar refractivity (Wildman–Crippen MR) is 97.1 cm³/mol. The molecule has 0 amide bonds. The van der Waals surface area contributed by atoms with Crippen molar-refractivity contribution < 1.29 is 0 Å². The quantitative estimate of drug-likeness (QED) is 0.705. The van der Waals surface area contributed by atoms with E-state index in [0.717, 1.165) is 48.5 Å². The fourth-order valence-electron chi connectivity index (χ4n) is 3.37. The highest BCUT2D eigenvalue weighted by Crippen LogP contribution is 2.32. The Morgan fingerprint density at radius 3 is 3.08 bits per heavy atom. The Kier molecular flexibility index (Phi) is 3.94. The van der Waals surface area contributed by atoms with E-state index in [9.17, 15) is 0 Å². The molecule has 1 aliphatic rings. The molecular formula is C19H23N5. The summed E-state index contributed by atoms with van der Waals surface area (Å²) in [5.41, 5.74) is 11.8. The zero-order valence-corrected chi connectivity index (χ0v) is 14.0. The average molecular weight is 321 g/mol. The maximum atomic E-state index is 6.15. The molecule has 0 aliphatic heterocycles. The summed E-state index contributed by atoms with van der Waals surface area (Å²) < 4.78 is 1.92. The summed E-state index contributed by atoms with van der Waals surface area (Å²) in [4.78, 5) is 4.49. The number of aromatic nitrogens is 3. The fourth-order valence-corrected chi connectivity index (χ4v) is 3.37. The SMILES string of the molecule is CCCCNc1ccc2ncc(-c3ccc4c(c3)CCC4N)n2n1. The van der Waals surface area contributed by atoms with Crippen LogP contribution < -0.4 is 11.1 Å². The predicted octanol–water partition coefficient (Wildman–Crippen LogP) is 3.55. The molecule has 0 spiro atoms. The molecule has 2 aromatic heterocycles. The van der Waals surface area contributed by atoms with Gasteiger partial charge in [-0.05, 0) is 48.6 Å². The van der Waals surface area contributed by atoms with Crippen molar-refractivity contribution in [2.45, 2.75) is 38.6 Å². The number of benzene rings is 1. The summed E-state index contributed by atoms with van der Waals surface area (Å²) in [6.45, 7) is 3.13. The van der Waals surface area contributed by atoms with Gasteiger partial charge in [0.05, 0.1) is 11.9 Å². The number of hydrogen-bond acceptors (Lipinski definition) is 4. The highest BCUT2D eigenvalue weighted by molar-refractivity contribution is 5.65. The molecule has 1 atom stereocenters. The Labute approximate surface area is 141 Å². The summed E-state index contributed by atoms with van der Waals surface area (Å²) in [5.74, 6) is 0.887. The number of aryl methyl sites for hydroxylation is 1. The normalized spacial score (nSPS) is 16.5. The van der Waals surface area contributed by atoms with Crippen LogP contribution in [0.5, 0.6) is 0 Å². The highest BCUT2D eigenvalue weighted by atomic mass is 15.3. The van der Waals surface area contributed by atoms with Gasteiger partial charge in [-0.2, -0.15) is 0 Å². The largest absolute Gasteiger partial charge is 0.369 e. The summed E-state index contributed by atoms with van der Waals surface area (Å²) in [7, 11) is 0. The first-order chi connectivity index (χ1) is 11.8. The fraction of sp³-hybridized carbons (Fsp3) is 0.368. The van der Waals surface area contributed by atoms with Crippen molar-refractivity contribution in [1.29, 1.82) is 0 Å². The number of fused-ring (bicyclic) bond motifs is 2. The first-order valence-electron chi connectivity index (χ1n) is 8.73. The Hall–Kier alpha value is -2.40. The standard InChI is InChI=1S/C19H23N5/c1-2-3-10-21-18-8-9-19-22-12-17(24(19)23-18)14-4-6-15-13(11-14)5-7-16(15)20/h4,6,8-9,11-12,16H,2-3,5,7,10,20H2,1H3,(H,21,23). The number of nitrogens with zero attached hydrogens (tertiary/aromatic N) is 3. The Bertz CT molecular complexity index is 867. The van der Waals surface area contributed by atoms with Crippen molar-refractivity contribution in [2.24, 2.45) is 5.73 Å². The van der Waals surface area contributed by atoms with E-state index in [1.165, 1.54) is 17.5 Å². The van der Waals surface area contributed by atoms with Gasteiger partial charge >= 0.3 is 0 Å². The van der Waals surface area contributed by atoms with E-state index in [1.807, 2.05) is 22.8 Å². The molecule has 0 bridgehead atoms. The van der Waals surface area contributed by atoms with Gasteiger partial charge in [-0.3, -0.25) is 0 Å². The van der Waals surface area contributed by atoms with Crippen LogP contribution in [-0.4, -0.2) is 21.1 Å². The van der Waals surface area contributed by atoms with Crippen LogP contribution in [0.25, 0.3) is 16.9 Å². The van der Waals surface area contributed by atoms with Gasteiger partial charge in [0.15, 0.2) is 5.65 Å². The van der Waals surface area contributed by atoms with Crippen LogP contribution in [0, 0.1) is 0 Å². The van der Waals surface area contributed by atoms with Crippen LogP contribution in [0.2, 0.25) is 0 Å². The minimum absolute atomic E-state index is 0.184. The maximum absolute atomic E-state index is 6.15. The molecule has 0 saturated carbocycles. The van der Waals surface area contributed by atoms with Crippen molar-refractivity contribution in [1.82, 2.24) is 14.6 Å². The van der Waals surface area contributed by atoms with Gasteiger partial charge in [-0.25, -0.2) is 9.50 Å². The minimum atomic E-state index is 0.184. The number of unbranched alkanes of at least 4 members (excludes halogenated alkanes) is 1. The number of rotatable bonds is 5. The average Bonchev–Trinajstić information content (AvgIpc) is 3.18. The van der Waals surface area contributed by atoms with Crippen molar-refractivity contribution in [3.8, 4) is 11.3 Å². The van der Waals surface area contributed by atoms with Crippen LogP contribution in [0.4, 0.5) is 5.82 Å². The van der Waals surface area contributed by atoms with E-state index in [-0.39, 0.29) is 6.04 Å². The molecule has 0 saturated heterocycles. The Morgan fingerprint density at radius 1 is 1.29 bits per heavy atom. The monoisotopic (exact) mass is 321 g/mol. The molecule has 0 fully saturated rings. The highest BCUT2D eigenvalue weighted by Gasteiger charge is 2.20. The van der Waals surface area contributed by atoms with E-state index in [4.69, 9.17) is 10.8 Å². The van der Waals surface area contributed by atoms with Crippen molar-refractivity contribution in [3.63, 3.8) is 0 Å². The topological polar surface area (TPSA) is 68.2 Å². The molecule has 3 N–H and O–H groups in total. The molecule has 124 valence electrons. The number of nitrogens with one attached hydrogen (secondary N) is 1. The number of hydrogen-bond donors (Lipinski definition) is 2.